The predicted octanol–water partition coefficient (Wildman–Crippen LogP) is 6.70. The van der Waals surface area contributed by atoms with Crippen LogP contribution in [0.1, 0.15) is 73.1 Å². The third kappa shape index (κ3) is 7.33. The Morgan fingerprint density at radius 1 is 1.07 bits per heavy atom. The summed E-state index contributed by atoms with van der Waals surface area (Å²) >= 11 is 1.06. The van der Waals surface area contributed by atoms with E-state index in [0.717, 1.165) is 86.0 Å². The van der Waals surface area contributed by atoms with Crippen LogP contribution in [0, 0.1) is 24.2 Å². The number of fused-ring (bicyclic) bond motifs is 2. The Bertz CT molecular complexity index is 1720. The standard InChI is InChI=1S/C34H41F3N6O2S/c1-22-24(7-8-30-28(22)13-26(17-38)43(30)19-33(45,20-44)15-23-5-3-2-4-6-23)18-42-11-9-25(10-12-42)41-31-29-14-27(16-34(35,36)37)46-32(29)40-21-39-31/h7-8,13-14,21,23,25,44-45H,2-6,9-12,15-16,18-20H2,1H3,(H,39,40,41). The molecule has 2 aliphatic rings. The van der Waals surface area contributed by atoms with Crippen LogP contribution in [-0.4, -0.2) is 67.2 Å². The Hall–Kier alpha value is -3.24. The molecule has 1 saturated carbocycles. The van der Waals surface area contributed by atoms with E-state index in [2.05, 4.69) is 39.2 Å². The zero-order chi connectivity index (χ0) is 32.5. The van der Waals surface area contributed by atoms with Crippen molar-refractivity contribution in [1.29, 1.82) is 5.26 Å². The molecule has 0 bridgehead atoms. The first-order valence-corrected chi connectivity index (χ1v) is 17.0. The first-order valence-electron chi connectivity index (χ1n) is 16.2. The number of aromatic nitrogens is 3. The molecule has 1 saturated heterocycles. The Morgan fingerprint density at radius 3 is 2.52 bits per heavy atom. The Labute approximate surface area is 270 Å². The number of nitrogens with one attached hydrogen (secondary N) is 1. The smallest absolute Gasteiger partial charge is 0.393 e. The van der Waals surface area contributed by atoms with E-state index in [1.807, 2.05) is 16.7 Å². The maximum Gasteiger partial charge on any atom is 0.393 e. The summed E-state index contributed by atoms with van der Waals surface area (Å²) in [4.78, 5) is 11.7. The second-order valence-corrected chi connectivity index (χ2v) is 14.4. The number of aryl methyl sites for hydroxylation is 1. The number of benzene rings is 1. The van der Waals surface area contributed by atoms with Gasteiger partial charge in [0.2, 0.25) is 0 Å². The molecule has 3 aromatic heterocycles. The van der Waals surface area contributed by atoms with Crippen LogP contribution in [-0.2, 0) is 19.5 Å². The average Bonchev–Trinajstić information content (AvgIpc) is 3.60. The lowest BCUT2D eigenvalue weighted by Gasteiger charge is -2.33. The van der Waals surface area contributed by atoms with Gasteiger partial charge in [0.05, 0.1) is 25.0 Å². The molecule has 12 heteroatoms. The van der Waals surface area contributed by atoms with Crippen LogP contribution >= 0.6 is 11.3 Å². The van der Waals surface area contributed by atoms with Crippen molar-refractivity contribution in [3.05, 3.63) is 52.3 Å². The third-order valence-corrected chi connectivity index (χ3v) is 10.8. The number of alkyl halides is 3. The summed E-state index contributed by atoms with van der Waals surface area (Å²) in [7, 11) is 0. The van der Waals surface area contributed by atoms with Gasteiger partial charge in [-0.3, -0.25) is 4.90 Å². The molecule has 1 atom stereocenters. The maximum absolute atomic E-state index is 12.9. The summed E-state index contributed by atoms with van der Waals surface area (Å²) in [5, 5.41) is 36.7. The van der Waals surface area contributed by atoms with Gasteiger partial charge in [0.15, 0.2) is 0 Å². The number of likely N-dealkylation sites (tertiary alicyclic amines) is 1. The highest BCUT2D eigenvalue weighted by Crippen LogP contribution is 2.35. The van der Waals surface area contributed by atoms with Crippen LogP contribution in [0.25, 0.3) is 21.1 Å². The zero-order valence-electron chi connectivity index (χ0n) is 26.1. The first-order chi connectivity index (χ1) is 22.0. The van der Waals surface area contributed by atoms with Crippen molar-refractivity contribution in [2.75, 3.05) is 25.0 Å². The van der Waals surface area contributed by atoms with Crippen molar-refractivity contribution in [3.63, 3.8) is 0 Å². The lowest BCUT2D eigenvalue weighted by molar-refractivity contribution is -0.126. The SMILES string of the molecule is Cc1c(CN2CCC(Nc3ncnc4sc(CC(F)(F)F)cc34)CC2)ccc2c1cc(C#N)n2CC(O)(CO)CC1CCCCC1. The topological polar surface area (TPSA) is 110 Å². The number of halogens is 3. The largest absolute Gasteiger partial charge is 0.393 e. The van der Waals surface area contributed by atoms with E-state index in [1.54, 1.807) is 6.07 Å². The van der Waals surface area contributed by atoms with Crippen molar-refractivity contribution in [3.8, 4) is 6.07 Å². The molecular weight excluding hydrogens is 613 g/mol. The first kappa shape index (κ1) is 32.7. The molecule has 46 heavy (non-hydrogen) atoms. The van der Waals surface area contributed by atoms with Crippen LogP contribution in [0.5, 0.6) is 0 Å². The molecule has 1 aliphatic heterocycles. The van der Waals surface area contributed by atoms with Crippen LogP contribution in [0.15, 0.2) is 30.6 Å². The fourth-order valence-corrected chi connectivity index (χ4v) is 8.36. The molecule has 1 unspecified atom stereocenters. The van der Waals surface area contributed by atoms with Gasteiger partial charge in [-0.25, -0.2) is 9.97 Å². The molecule has 246 valence electrons. The van der Waals surface area contributed by atoms with Crippen molar-refractivity contribution >= 4 is 38.3 Å². The van der Waals surface area contributed by atoms with Gasteiger partial charge >= 0.3 is 6.18 Å². The number of rotatable bonds is 10. The molecule has 6 rings (SSSR count). The Balaban J connectivity index is 1.11. The minimum atomic E-state index is -4.26. The highest BCUT2D eigenvalue weighted by Gasteiger charge is 2.33. The Kier molecular flexibility index (Phi) is 9.57. The monoisotopic (exact) mass is 654 g/mol. The van der Waals surface area contributed by atoms with E-state index >= 15 is 0 Å². The summed E-state index contributed by atoms with van der Waals surface area (Å²) in [5.74, 6) is 0.971. The number of piperidine rings is 1. The van der Waals surface area contributed by atoms with Gasteiger partial charge in [0.25, 0.3) is 0 Å². The van der Waals surface area contributed by atoms with E-state index in [9.17, 15) is 28.6 Å². The van der Waals surface area contributed by atoms with E-state index in [4.69, 9.17) is 0 Å². The van der Waals surface area contributed by atoms with Gasteiger partial charge in [0.1, 0.15) is 34.3 Å². The van der Waals surface area contributed by atoms with E-state index in [0.29, 0.717) is 34.1 Å². The highest BCUT2D eigenvalue weighted by atomic mass is 32.1. The summed E-state index contributed by atoms with van der Waals surface area (Å²) in [6.07, 6.45) is 4.12. The highest BCUT2D eigenvalue weighted by molar-refractivity contribution is 7.18. The second kappa shape index (κ2) is 13.5. The number of hydrogen-bond donors (Lipinski definition) is 3. The van der Waals surface area contributed by atoms with E-state index < -0.39 is 18.2 Å². The van der Waals surface area contributed by atoms with Gasteiger partial charge in [-0.15, -0.1) is 11.3 Å². The van der Waals surface area contributed by atoms with Crippen LogP contribution in [0.4, 0.5) is 19.0 Å². The number of aliphatic hydroxyl groups is 2. The molecule has 3 N–H and O–H groups in total. The molecule has 2 fully saturated rings. The van der Waals surface area contributed by atoms with Crippen LogP contribution in [0.3, 0.4) is 0 Å². The molecule has 4 aromatic rings. The number of thiophene rings is 1. The summed E-state index contributed by atoms with van der Waals surface area (Å²) in [6, 6.07) is 10.0. The molecule has 8 nitrogen and oxygen atoms in total. The Morgan fingerprint density at radius 2 is 1.83 bits per heavy atom. The fourth-order valence-electron chi connectivity index (χ4n) is 7.33. The molecule has 0 spiro atoms. The quantitative estimate of drug-likeness (QED) is 0.175. The number of aliphatic hydroxyl groups excluding tert-OH is 1. The summed E-state index contributed by atoms with van der Waals surface area (Å²) in [6.45, 7) is 4.37. The van der Waals surface area contributed by atoms with Gasteiger partial charge in [-0.2, -0.15) is 18.4 Å². The minimum Gasteiger partial charge on any atom is -0.393 e. The summed E-state index contributed by atoms with van der Waals surface area (Å²) in [5.41, 5.74) is 2.36. The second-order valence-electron chi connectivity index (χ2n) is 13.2. The van der Waals surface area contributed by atoms with Crippen molar-refractivity contribution < 1.29 is 23.4 Å². The van der Waals surface area contributed by atoms with Gasteiger partial charge in [-0.1, -0.05) is 38.2 Å². The van der Waals surface area contributed by atoms with Gasteiger partial charge in [0, 0.05) is 41.5 Å². The lowest BCUT2D eigenvalue weighted by atomic mass is 9.81. The predicted molar refractivity (Wildman–Crippen MR) is 174 cm³/mol. The molecule has 1 aromatic carbocycles. The van der Waals surface area contributed by atoms with Crippen molar-refractivity contribution in [2.45, 2.75) is 95.6 Å². The van der Waals surface area contributed by atoms with E-state index in [1.165, 1.54) is 18.3 Å². The van der Waals surface area contributed by atoms with Crippen LogP contribution in [0.2, 0.25) is 0 Å². The lowest BCUT2D eigenvalue weighted by Crippen LogP contribution is -2.40. The van der Waals surface area contributed by atoms with Gasteiger partial charge < -0.3 is 20.1 Å². The molecule has 0 radical (unpaired) electrons. The normalized spacial score (nSPS) is 18.6. The molecule has 0 amide bonds. The number of anilines is 1. The maximum atomic E-state index is 12.9. The molecular formula is C34H41F3N6O2S. The van der Waals surface area contributed by atoms with Crippen molar-refractivity contribution in [2.24, 2.45) is 5.92 Å². The third-order valence-electron chi connectivity index (χ3n) is 9.80. The average molecular weight is 655 g/mol. The van der Waals surface area contributed by atoms with Crippen LogP contribution < -0.4 is 5.32 Å². The summed E-state index contributed by atoms with van der Waals surface area (Å²) < 4.78 is 40.7. The van der Waals surface area contributed by atoms with Gasteiger partial charge in [-0.05, 0) is 61.4 Å². The zero-order valence-corrected chi connectivity index (χ0v) is 26.9. The number of hydrogen-bond acceptors (Lipinski definition) is 8. The molecule has 1 aliphatic carbocycles. The van der Waals surface area contributed by atoms with E-state index in [-0.39, 0.29) is 24.1 Å². The fraction of sp³-hybridized carbons (Fsp3) is 0.559. The van der Waals surface area contributed by atoms with Crippen molar-refractivity contribution in [1.82, 2.24) is 19.4 Å². The number of nitrogens with zero attached hydrogens (tertiary/aromatic N) is 5. The molecule has 4 heterocycles. The minimum absolute atomic E-state index is 0.148. The number of nitriles is 1.